The fourth-order valence-electron chi connectivity index (χ4n) is 3.66. The summed E-state index contributed by atoms with van der Waals surface area (Å²) < 4.78 is 11.6. The SMILES string of the molecule is OC1CCN(C2CCOC3(CCOCC3)C2)CC1. The third kappa shape index (κ3) is 2.72. The van der Waals surface area contributed by atoms with Crippen molar-refractivity contribution in [1.29, 1.82) is 0 Å². The Morgan fingerprint density at radius 3 is 2.44 bits per heavy atom. The van der Waals surface area contributed by atoms with E-state index in [4.69, 9.17) is 9.47 Å². The van der Waals surface area contributed by atoms with Crippen molar-refractivity contribution in [3.8, 4) is 0 Å². The highest BCUT2D eigenvalue weighted by Crippen LogP contribution is 2.36. The minimum atomic E-state index is -0.0712. The van der Waals surface area contributed by atoms with Gasteiger partial charge in [-0.3, -0.25) is 4.90 Å². The molecule has 104 valence electrons. The van der Waals surface area contributed by atoms with Gasteiger partial charge in [-0.2, -0.15) is 0 Å². The summed E-state index contributed by atoms with van der Waals surface area (Å²) in [6.45, 7) is 4.71. The van der Waals surface area contributed by atoms with Crippen LogP contribution in [0.25, 0.3) is 0 Å². The number of piperidine rings is 1. The molecule has 0 bridgehead atoms. The number of aliphatic hydroxyl groups is 1. The summed E-state index contributed by atoms with van der Waals surface area (Å²) >= 11 is 0. The fourth-order valence-corrected chi connectivity index (χ4v) is 3.66. The maximum atomic E-state index is 9.60. The standard InChI is InChI=1S/C14H25NO3/c16-13-1-6-15(7-2-13)12-3-8-18-14(11-12)4-9-17-10-5-14/h12-13,16H,1-11H2. The lowest BCUT2D eigenvalue weighted by molar-refractivity contribution is -0.153. The van der Waals surface area contributed by atoms with Crippen molar-refractivity contribution in [1.82, 2.24) is 4.90 Å². The van der Waals surface area contributed by atoms with E-state index in [2.05, 4.69) is 4.90 Å². The van der Waals surface area contributed by atoms with Gasteiger partial charge in [-0.1, -0.05) is 0 Å². The second kappa shape index (κ2) is 5.45. The highest BCUT2D eigenvalue weighted by Gasteiger charge is 2.41. The lowest BCUT2D eigenvalue weighted by Crippen LogP contribution is -2.53. The number of hydrogen-bond donors (Lipinski definition) is 1. The summed E-state index contributed by atoms with van der Waals surface area (Å²) in [5.41, 5.74) is 0.0945. The van der Waals surface area contributed by atoms with Crippen LogP contribution >= 0.6 is 0 Å². The van der Waals surface area contributed by atoms with Gasteiger partial charge < -0.3 is 14.6 Å². The summed E-state index contributed by atoms with van der Waals surface area (Å²) in [5, 5.41) is 9.60. The van der Waals surface area contributed by atoms with Gasteiger partial charge >= 0.3 is 0 Å². The molecule has 3 rings (SSSR count). The van der Waals surface area contributed by atoms with Crippen molar-refractivity contribution in [2.24, 2.45) is 0 Å². The van der Waals surface area contributed by atoms with Crippen molar-refractivity contribution >= 4 is 0 Å². The van der Waals surface area contributed by atoms with Gasteiger partial charge in [0.2, 0.25) is 0 Å². The summed E-state index contributed by atoms with van der Waals surface area (Å²) in [6, 6.07) is 0.657. The molecule has 0 aliphatic carbocycles. The third-order valence-corrected chi connectivity index (χ3v) is 4.89. The van der Waals surface area contributed by atoms with Crippen LogP contribution in [0.3, 0.4) is 0 Å². The maximum absolute atomic E-state index is 9.60. The zero-order valence-electron chi connectivity index (χ0n) is 11.1. The van der Waals surface area contributed by atoms with Crippen molar-refractivity contribution < 1.29 is 14.6 Å². The molecule has 1 atom stereocenters. The monoisotopic (exact) mass is 255 g/mol. The molecule has 0 aromatic heterocycles. The molecule has 3 aliphatic heterocycles. The molecule has 18 heavy (non-hydrogen) atoms. The molecular weight excluding hydrogens is 230 g/mol. The number of rotatable bonds is 1. The van der Waals surface area contributed by atoms with Crippen LogP contribution in [-0.4, -0.2) is 60.7 Å². The molecule has 4 nitrogen and oxygen atoms in total. The molecule has 0 radical (unpaired) electrons. The molecular formula is C14H25NO3. The lowest BCUT2D eigenvalue weighted by atomic mass is 9.83. The molecule has 4 heteroatoms. The number of aliphatic hydroxyl groups excluding tert-OH is 1. The van der Waals surface area contributed by atoms with E-state index in [1.807, 2.05) is 0 Å². The molecule has 3 fully saturated rings. The van der Waals surface area contributed by atoms with Gasteiger partial charge in [0.1, 0.15) is 0 Å². The largest absolute Gasteiger partial charge is 0.393 e. The first-order chi connectivity index (χ1) is 8.77. The third-order valence-electron chi connectivity index (χ3n) is 4.89. The molecule has 1 spiro atoms. The van der Waals surface area contributed by atoms with E-state index in [0.717, 1.165) is 71.4 Å². The summed E-state index contributed by atoms with van der Waals surface area (Å²) in [6.07, 6.45) is 6.23. The van der Waals surface area contributed by atoms with E-state index in [1.165, 1.54) is 0 Å². The summed E-state index contributed by atoms with van der Waals surface area (Å²) in [4.78, 5) is 2.58. The van der Waals surface area contributed by atoms with Crippen LogP contribution in [0.2, 0.25) is 0 Å². The Labute approximate surface area is 109 Å². The minimum Gasteiger partial charge on any atom is -0.393 e. The van der Waals surface area contributed by atoms with Crippen molar-refractivity contribution in [2.45, 2.75) is 56.3 Å². The van der Waals surface area contributed by atoms with Gasteiger partial charge in [0, 0.05) is 39.0 Å². The second-order valence-electron chi connectivity index (χ2n) is 6.06. The zero-order chi connectivity index (χ0) is 12.4. The zero-order valence-corrected chi connectivity index (χ0v) is 11.1. The topological polar surface area (TPSA) is 41.9 Å². The van der Waals surface area contributed by atoms with Crippen LogP contribution in [0.15, 0.2) is 0 Å². The first-order valence-corrected chi connectivity index (χ1v) is 7.41. The average molecular weight is 255 g/mol. The lowest BCUT2D eigenvalue weighted by Gasteiger charge is -2.47. The van der Waals surface area contributed by atoms with Crippen LogP contribution in [0.1, 0.15) is 38.5 Å². The van der Waals surface area contributed by atoms with Crippen molar-refractivity contribution in [3.05, 3.63) is 0 Å². The van der Waals surface area contributed by atoms with E-state index >= 15 is 0 Å². The van der Waals surface area contributed by atoms with Gasteiger partial charge in [0.25, 0.3) is 0 Å². The Bertz CT molecular complexity index is 265. The van der Waals surface area contributed by atoms with E-state index in [1.54, 1.807) is 0 Å². The molecule has 3 heterocycles. The van der Waals surface area contributed by atoms with E-state index in [0.29, 0.717) is 6.04 Å². The van der Waals surface area contributed by atoms with E-state index in [9.17, 15) is 5.11 Å². The molecule has 0 aromatic carbocycles. The molecule has 3 saturated heterocycles. The molecule has 1 unspecified atom stereocenters. The number of ether oxygens (including phenoxy) is 2. The Balaban J connectivity index is 1.59. The van der Waals surface area contributed by atoms with Crippen LogP contribution in [0.4, 0.5) is 0 Å². The highest BCUT2D eigenvalue weighted by atomic mass is 16.5. The van der Waals surface area contributed by atoms with Gasteiger partial charge in [-0.25, -0.2) is 0 Å². The van der Waals surface area contributed by atoms with Gasteiger partial charge in [0.15, 0.2) is 0 Å². The predicted molar refractivity (Wildman–Crippen MR) is 68.6 cm³/mol. The van der Waals surface area contributed by atoms with Gasteiger partial charge in [-0.05, 0) is 38.5 Å². The average Bonchev–Trinajstić information content (AvgIpc) is 2.40. The van der Waals surface area contributed by atoms with E-state index < -0.39 is 0 Å². The first kappa shape index (κ1) is 12.9. The highest BCUT2D eigenvalue weighted by molar-refractivity contribution is 4.93. The number of likely N-dealkylation sites (tertiary alicyclic amines) is 1. The minimum absolute atomic E-state index is 0.0712. The second-order valence-corrected chi connectivity index (χ2v) is 6.06. The van der Waals surface area contributed by atoms with Crippen LogP contribution in [0, 0.1) is 0 Å². The fraction of sp³-hybridized carbons (Fsp3) is 1.00. The Hall–Kier alpha value is -0.160. The van der Waals surface area contributed by atoms with Crippen molar-refractivity contribution in [2.75, 3.05) is 32.9 Å². The van der Waals surface area contributed by atoms with Crippen LogP contribution in [-0.2, 0) is 9.47 Å². The van der Waals surface area contributed by atoms with Crippen molar-refractivity contribution in [3.63, 3.8) is 0 Å². The van der Waals surface area contributed by atoms with Crippen LogP contribution in [0.5, 0.6) is 0 Å². The van der Waals surface area contributed by atoms with Crippen LogP contribution < -0.4 is 0 Å². The molecule has 0 amide bonds. The van der Waals surface area contributed by atoms with E-state index in [-0.39, 0.29) is 11.7 Å². The maximum Gasteiger partial charge on any atom is 0.0741 e. The molecule has 1 N–H and O–H groups in total. The quantitative estimate of drug-likeness (QED) is 0.764. The molecule has 0 saturated carbocycles. The smallest absolute Gasteiger partial charge is 0.0741 e. The molecule has 3 aliphatic rings. The normalized spacial score (nSPS) is 34.8. The first-order valence-electron chi connectivity index (χ1n) is 7.41. The van der Waals surface area contributed by atoms with Gasteiger partial charge in [0.05, 0.1) is 11.7 Å². The Morgan fingerprint density at radius 2 is 1.72 bits per heavy atom. The Kier molecular flexibility index (Phi) is 3.89. The Morgan fingerprint density at radius 1 is 1.00 bits per heavy atom. The predicted octanol–water partition coefficient (Wildman–Crippen LogP) is 1.17. The molecule has 0 aromatic rings. The number of nitrogens with zero attached hydrogens (tertiary/aromatic N) is 1. The summed E-state index contributed by atoms with van der Waals surface area (Å²) in [7, 11) is 0. The number of hydrogen-bond acceptors (Lipinski definition) is 4. The summed E-state index contributed by atoms with van der Waals surface area (Å²) in [5.74, 6) is 0. The van der Waals surface area contributed by atoms with Gasteiger partial charge in [-0.15, -0.1) is 0 Å².